The van der Waals surface area contributed by atoms with Crippen molar-refractivity contribution in [1.29, 1.82) is 0 Å². The number of para-hydroxylation sites is 1. The molecule has 178 valence electrons. The Labute approximate surface area is 208 Å². The topological polar surface area (TPSA) is 61.8 Å². The van der Waals surface area contributed by atoms with Crippen LogP contribution >= 0.6 is 0 Å². The minimum atomic E-state index is -0.635. The van der Waals surface area contributed by atoms with Crippen LogP contribution in [0.5, 0.6) is 11.5 Å². The van der Waals surface area contributed by atoms with Crippen LogP contribution in [0.3, 0.4) is 0 Å². The quantitative estimate of drug-likeness (QED) is 0.233. The standard InChI is InChI=1S/C28H31AsO5/c1-3-33-26-11-7-5-8-22(26)18-19-29-27(30)17-14-21-12-15-24(16-13-21)34-20-23-9-4-6-10-25(23)28(31)32-2/h4-13,15-16,29H,3,14,17-20H2,1-2H3. The summed E-state index contributed by atoms with van der Waals surface area (Å²) in [5, 5.41) is 0.947. The second kappa shape index (κ2) is 13.6. The van der Waals surface area contributed by atoms with Crippen LogP contribution in [0, 0.1) is 0 Å². The van der Waals surface area contributed by atoms with Gasteiger partial charge in [0, 0.05) is 0 Å². The van der Waals surface area contributed by atoms with Gasteiger partial charge in [0.25, 0.3) is 0 Å². The molecule has 0 N–H and O–H groups in total. The van der Waals surface area contributed by atoms with Crippen LogP contribution in [0.4, 0.5) is 0 Å². The molecule has 3 rings (SSSR count). The van der Waals surface area contributed by atoms with E-state index in [9.17, 15) is 9.59 Å². The van der Waals surface area contributed by atoms with E-state index in [1.54, 1.807) is 12.1 Å². The molecule has 0 saturated carbocycles. The van der Waals surface area contributed by atoms with Gasteiger partial charge in [-0.05, 0) is 0 Å². The molecule has 6 heteroatoms. The molecular weight excluding hydrogens is 491 g/mol. The van der Waals surface area contributed by atoms with Gasteiger partial charge in [0.1, 0.15) is 0 Å². The first-order valence-corrected chi connectivity index (χ1v) is 14.0. The number of benzene rings is 3. The zero-order valence-corrected chi connectivity index (χ0v) is 21.8. The molecule has 0 fully saturated rings. The fraction of sp³-hybridized carbons (Fsp3) is 0.286. The summed E-state index contributed by atoms with van der Waals surface area (Å²) < 4.78 is 16.7. The normalized spacial score (nSPS) is 10.9. The third-order valence-corrected chi connectivity index (χ3v) is 7.77. The number of esters is 1. The number of hydrogen-bond acceptors (Lipinski definition) is 5. The Hall–Kier alpha value is -3.04. The molecule has 0 amide bonds. The maximum atomic E-state index is 12.4. The second-order valence-electron chi connectivity index (χ2n) is 7.72. The summed E-state index contributed by atoms with van der Waals surface area (Å²) in [5.74, 6) is 1.28. The van der Waals surface area contributed by atoms with Crippen molar-refractivity contribution in [3.63, 3.8) is 0 Å². The van der Waals surface area contributed by atoms with Gasteiger partial charge in [0.05, 0.1) is 7.11 Å². The van der Waals surface area contributed by atoms with Gasteiger partial charge in [-0.3, -0.25) is 0 Å². The molecule has 1 unspecified atom stereocenters. The van der Waals surface area contributed by atoms with Gasteiger partial charge >= 0.3 is 186 Å². The molecule has 5 nitrogen and oxygen atoms in total. The van der Waals surface area contributed by atoms with E-state index < -0.39 is 15.8 Å². The first-order chi connectivity index (χ1) is 16.6. The van der Waals surface area contributed by atoms with Gasteiger partial charge in [-0.25, -0.2) is 4.79 Å². The van der Waals surface area contributed by atoms with E-state index >= 15 is 0 Å². The van der Waals surface area contributed by atoms with Crippen LogP contribution in [0.2, 0.25) is 5.21 Å². The Morgan fingerprint density at radius 1 is 0.824 bits per heavy atom. The molecule has 0 heterocycles. The second-order valence-corrected chi connectivity index (χ2v) is 10.7. The van der Waals surface area contributed by atoms with Crippen molar-refractivity contribution in [2.45, 2.75) is 38.0 Å². The van der Waals surface area contributed by atoms with Gasteiger partial charge in [0.2, 0.25) is 0 Å². The number of methoxy groups -OCH3 is 1. The monoisotopic (exact) mass is 522 g/mol. The molecule has 0 bridgehead atoms. The molecule has 1 atom stereocenters. The fourth-order valence-corrected chi connectivity index (χ4v) is 5.60. The molecule has 0 saturated heterocycles. The molecule has 0 aliphatic heterocycles. The van der Waals surface area contributed by atoms with E-state index in [1.165, 1.54) is 12.7 Å². The molecule has 34 heavy (non-hydrogen) atoms. The van der Waals surface area contributed by atoms with Crippen LogP contribution in [0.15, 0.2) is 72.8 Å². The van der Waals surface area contributed by atoms with Crippen molar-refractivity contribution in [2.75, 3.05) is 13.7 Å². The van der Waals surface area contributed by atoms with Crippen molar-refractivity contribution in [2.24, 2.45) is 0 Å². The van der Waals surface area contributed by atoms with Crippen LogP contribution in [0.25, 0.3) is 0 Å². The molecule has 0 aliphatic rings. The van der Waals surface area contributed by atoms with Crippen LogP contribution < -0.4 is 9.47 Å². The molecule has 0 aromatic heterocycles. The average Bonchev–Trinajstić information content (AvgIpc) is 2.87. The summed E-state index contributed by atoms with van der Waals surface area (Å²) in [4.78, 5) is 24.3. The molecule has 0 aliphatic carbocycles. The fourth-order valence-electron chi connectivity index (χ4n) is 3.56. The number of aryl methyl sites for hydroxylation is 2. The summed E-state index contributed by atoms with van der Waals surface area (Å²) in [5.41, 5.74) is 3.58. The molecule has 0 spiro atoms. The SMILES string of the molecule is CCOc1ccccc1CC[AsH]C(=O)CCc1ccc(OCc2ccccc2C(=O)OC)cc1. The Morgan fingerprint density at radius 3 is 2.26 bits per heavy atom. The summed E-state index contributed by atoms with van der Waals surface area (Å²) in [6.07, 6.45) is 2.22. The van der Waals surface area contributed by atoms with Gasteiger partial charge in [-0.2, -0.15) is 0 Å². The Morgan fingerprint density at radius 2 is 1.53 bits per heavy atom. The van der Waals surface area contributed by atoms with E-state index in [0.717, 1.165) is 40.7 Å². The predicted octanol–water partition coefficient (Wildman–Crippen LogP) is 5.01. The molecule has 3 aromatic carbocycles. The molecule has 0 radical (unpaired) electrons. The van der Waals surface area contributed by atoms with Crippen LogP contribution in [0.1, 0.15) is 40.4 Å². The number of carbonyl (C=O) groups excluding carboxylic acids is 2. The zero-order valence-electron chi connectivity index (χ0n) is 19.7. The van der Waals surface area contributed by atoms with Crippen molar-refractivity contribution >= 4 is 26.3 Å². The summed E-state index contributed by atoms with van der Waals surface area (Å²) in [6, 6.07) is 23.1. The predicted molar refractivity (Wildman–Crippen MR) is 135 cm³/mol. The Bertz CT molecular complexity index is 1080. The van der Waals surface area contributed by atoms with E-state index in [0.29, 0.717) is 23.2 Å². The van der Waals surface area contributed by atoms with Gasteiger partial charge < -0.3 is 4.74 Å². The van der Waals surface area contributed by atoms with Crippen LogP contribution in [-0.4, -0.2) is 40.0 Å². The molecular formula is C28H31AsO5. The van der Waals surface area contributed by atoms with Crippen molar-refractivity contribution < 1.29 is 23.8 Å². The third-order valence-electron chi connectivity index (χ3n) is 5.37. The van der Waals surface area contributed by atoms with Crippen LogP contribution in [-0.2, 0) is 29.0 Å². The first kappa shape index (κ1) is 25.6. The average molecular weight is 522 g/mol. The van der Waals surface area contributed by atoms with Gasteiger partial charge in [0.15, 0.2) is 0 Å². The van der Waals surface area contributed by atoms with E-state index in [2.05, 4.69) is 6.07 Å². The minimum absolute atomic E-state index is 0.278. The van der Waals surface area contributed by atoms with Gasteiger partial charge in [-0.15, -0.1) is 0 Å². The third kappa shape index (κ3) is 7.77. The van der Waals surface area contributed by atoms with E-state index in [1.807, 2.05) is 61.5 Å². The summed E-state index contributed by atoms with van der Waals surface area (Å²) >= 11 is -0.635. The molecule has 3 aromatic rings. The van der Waals surface area contributed by atoms with E-state index in [-0.39, 0.29) is 12.6 Å². The first-order valence-electron chi connectivity index (χ1n) is 11.5. The van der Waals surface area contributed by atoms with Crippen molar-refractivity contribution in [3.8, 4) is 11.5 Å². The number of ether oxygens (including phenoxy) is 3. The number of carbonyl (C=O) groups is 2. The Balaban J connectivity index is 1.42. The Kier molecular flexibility index (Phi) is 10.2. The zero-order chi connectivity index (χ0) is 24.2. The summed E-state index contributed by atoms with van der Waals surface area (Å²) in [7, 11) is 1.37. The summed E-state index contributed by atoms with van der Waals surface area (Å²) in [6.45, 7) is 2.91. The van der Waals surface area contributed by atoms with Crippen molar-refractivity contribution in [1.82, 2.24) is 0 Å². The van der Waals surface area contributed by atoms with E-state index in [4.69, 9.17) is 14.2 Å². The number of rotatable bonds is 13. The maximum absolute atomic E-state index is 12.4. The van der Waals surface area contributed by atoms with Crippen molar-refractivity contribution in [3.05, 3.63) is 95.1 Å². The number of hydrogen-bond donors (Lipinski definition) is 0. The van der Waals surface area contributed by atoms with Gasteiger partial charge in [-0.1, -0.05) is 6.07 Å².